The average Bonchev–Trinajstić information content (AvgIpc) is 3.06. The quantitative estimate of drug-likeness (QED) is 0.129. The molecule has 6 nitrogen and oxygen atoms in total. The summed E-state index contributed by atoms with van der Waals surface area (Å²) >= 11 is 0. The van der Waals surface area contributed by atoms with Gasteiger partial charge in [0.15, 0.2) is 22.4 Å². The summed E-state index contributed by atoms with van der Waals surface area (Å²) < 4.78 is 18.9. The first-order chi connectivity index (χ1) is 16.9. The number of carbonyl (C=O) groups is 2. The fourth-order valence-electron chi connectivity index (χ4n) is 4.82. The monoisotopic (exact) mass is 558 g/mol. The second-order valence-electron chi connectivity index (χ2n) is 14.2. The Morgan fingerprint density at radius 2 is 1.22 bits per heavy atom. The molecule has 1 rings (SSSR count). The van der Waals surface area contributed by atoms with E-state index in [4.69, 9.17) is 13.6 Å². The second kappa shape index (κ2) is 14.2. The van der Waals surface area contributed by atoms with Crippen LogP contribution in [0, 0.1) is 11.8 Å². The van der Waals surface area contributed by atoms with E-state index in [1.807, 2.05) is 0 Å². The van der Waals surface area contributed by atoms with Crippen molar-refractivity contribution >= 4 is 28.4 Å². The predicted molar refractivity (Wildman–Crippen MR) is 157 cm³/mol. The summed E-state index contributed by atoms with van der Waals surface area (Å²) in [6.07, 6.45) is 7.72. The zero-order valence-electron chi connectivity index (χ0n) is 25.9. The minimum Gasteiger partial charge on any atom is -0.469 e. The Labute approximate surface area is 229 Å². The number of ketones is 1. The molecule has 0 radical (unpaired) electrons. The number of carbonyl (C=O) groups excluding carboxylic acids is 2. The first kappa shape index (κ1) is 34.5. The number of Topliss-reactive ketones (excluding diaryl/α,β-unsaturated/α-hetero) is 1. The van der Waals surface area contributed by atoms with Crippen LogP contribution in [0.5, 0.6) is 0 Å². The topological polar surface area (TPSA) is 82.1 Å². The van der Waals surface area contributed by atoms with E-state index in [2.05, 4.69) is 67.7 Å². The Morgan fingerprint density at radius 3 is 1.65 bits per heavy atom. The molecule has 0 heterocycles. The molecule has 1 fully saturated rings. The molecule has 0 aromatic carbocycles. The first-order valence-electron chi connectivity index (χ1n) is 14.4. The maximum Gasteiger partial charge on any atom is 0.305 e. The van der Waals surface area contributed by atoms with Gasteiger partial charge in [-0.15, -0.1) is 0 Å². The molecule has 4 atom stereocenters. The summed E-state index contributed by atoms with van der Waals surface area (Å²) in [6, 6.07) is 0. The van der Waals surface area contributed by atoms with Gasteiger partial charge in [0.05, 0.1) is 19.3 Å². The molecule has 0 amide bonds. The fourth-order valence-corrected chi connectivity index (χ4v) is 7.59. The first-order valence-corrected chi connectivity index (χ1v) is 20.2. The van der Waals surface area contributed by atoms with Crippen molar-refractivity contribution in [2.45, 2.75) is 148 Å². The molecule has 2 unspecified atom stereocenters. The van der Waals surface area contributed by atoms with Crippen molar-refractivity contribution in [2.75, 3.05) is 13.7 Å². The van der Waals surface area contributed by atoms with Crippen LogP contribution in [0.25, 0.3) is 0 Å². The van der Waals surface area contributed by atoms with Crippen molar-refractivity contribution in [3.8, 4) is 0 Å². The molecule has 8 heteroatoms. The van der Waals surface area contributed by atoms with Crippen LogP contribution in [0.2, 0.25) is 36.3 Å². The lowest BCUT2D eigenvalue weighted by Gasteiger charge is -2.40. The number of aliphatic hydroxyl groups excluding tert-OH is 1. The number of hydrogen-bond donors (Lipinski definition) is 1. The smallest absolute Gasteiger partial charge is 0.305 e. The van der Waals surface area contributed by atoms with E-state index in [0.29, 0.717) is 18.8 Å². The van der Waals surface area contributed by atoms with Crippen LogP contribution in [0.1, 0.15) is 99.3 Å². The Hall–Kier alpha value is -0.546. The molecule has 1 aliphatic rings. The lowest BCUT2D eigenvalue weighted by atomic mass is 9.85. The van der Waals surface area contributed by atoms with Gasteiger partial charge in [0, 0.05) is 12.8 Å². The second-order valence-corrected chi connectivity index (χ2v) is 23.7. The van der Waals surface area contributed by atoms with E-state index in [1.165, 1.54) is 7.11 Å². The molecule has 1 N–H and O–H groups in total. The normalized spacial score (nSPS) is 23.4. The zero-order valence-corrected chi connectivity index (χ0v) is 27.9. The number of ether oxygens (including phenoxy) is 1. The standard InChI is InChI=1S/C29H58O6Si2/c1-28(2,3)36(8,9)34-25-20-26(35-37(10,11)29(4,5)6)24(19-18-22(31)21-30)23(25)16-14-12-13-15-17-27(32)33-7/h23-26,30H,12-21H2,1-11H3/t23-,24-,25?,26?/m1/s1. The third-order valence-electron chi connectivity index (χ3n) is 9.30. The van der Waals surface area contributed by atoms with Crippen molar-refractivity contribution in [2.24, 2.45) is 11.8 Å². The SMILES string of the molecule is COC(=O)CCCCCC[C@H]1C(O[Si](C)(C)C(C)(C)C)CC(O[Si](C)(C)C(C)(C)C)[C@@H]1CCC(=O)CO. The maximum absolute atomic E-state index is 12.1. The molecule has 0 spiro atoms. The predicted octanol–water partition coefficient (Wildman–Crippen LogP) is 7.26. The average molecular weight is 559 g/mol. The van der Waals surface area contributed by atoms with Gasteiger partial charge in [0.1, 0.15) is 6.61 Å². The molecule has 1 saturated carbocycles. The molecule has 0 bridgehead atoms. The van der Waals surface area contributed by atoms with Crippen LogP contribution in [0.15, 0.2) is 0 Å². The molecule has 1 aliphatic carbocycles. The summed E-state index contributed by atoms with van der Waals surface area (Å²) in [4.78, 5) is 23.6. The highest BCUT2D eigenvalue weighted by Gasteiger charge is 2.51. The number of unbranched alkanes of at least 4 members (excludes halogenated alkanes) is 3. The van der Waals surface area contributed by atoms with Gasteiger partial charge in [0.25, 0.3) is 0 Å². The largest absolute Gasteiger partial charge is 0.469 e. The lowest BCUT2D eigenvalue weighted by Crippen LogP contribution is -2.45. The number of rotatable bonds is 15. The minimum atomic E-state index is -2.02. The van der Waals surface area contributed by atoms with Crippen LogP contribution in [-0.4, -0.2) is 59.4 Å². The molecule has 0 saturated heterocycles. The minimum absolute atomic E-state index is 0.0754. The van der Waals surface area contributed by atoms with Gasteiger partial charge >= 0.3 is 5.97 Å². The summed E-state index contributed by atoms with van der Waals surface area (Å²) in [5, 5.41) is 9.60. The van der Waals surface area contributed by atoms with E-state index in [-0.39, 0.29) is 40.0 Å². The van der Waals surface area contributed by atoms with E-state index < -0.39 is 23.2 Å². The summed E-state index contributed by atoms with van der Waals surface area (Å²) in [7, 11) is -2.57. The van der Waals surface area contributed by atoms with Gasteiger partial charge in [-0.25, -0.2) is 0 Å². The lowest BCUT2D eigenvalue weighted by molar-refractivity contribution is -0.140. The van der Waals surface area contributed by atoms with E-state index >= 15 is 0 Å². The fraction of sp³-hybridized carbons (Fsp3) is 0.931. The van der Waals surface area contributed by atoms with Crippen molar-refractivity contribution < 1.29 is 28.3 Å². The van der Waals surface area contributed by atoms with Crippen molar-refractivity contribution in [1.82, 2.24) is 0 Å². The molecule has 0 aromatic rings. The number of esters is 1. The van der Waals surface area contributed by atoms with Gasteiger partial charge in [-0.2, -0.15) is 0 Å². The third-order valence-corrected chi connectivity index (χ3v) is 18.3. The van der Waals surface area contributed by atoms with Crippen molar-refractivity contribution in [3.05, 3.63) is 0 Å². The Bertz CT molecular complexity index is 723. The Morgan fingerprint density at radius 1 is 0.757 bits per heavy atom. The Balaban J connectivity index is 3.15. The summed E-state index contributed by atoms with van der Waals surface area (Å²) in [5.74, 6) is 0.338. The van der Waals surface area contributed by atoms with Crippen molar-refractivity contribution in [3.63, 3.8) is 0 Å². The molecule has 0 aromatic heterocycles. The summed E-state index contributed by atoms with van der Waals surface area (Å²) in [5.41, 5.74) is 0. The number of aliphatic hydroxyl groups is 1. The molecule has 37 heavy (non-hydrogen) atoms. The molecule has 0 aliphatic heterocycles. The van der Waals surface area contributed by atoms with E-state index in [9.17, 15) is 14.7 Å². The van der Waals surface area contributed by atoms with Crippen LogP contribution < -0.4 is 0 Å². The van der Waals surface area contributed by atoms with Gasteiger partial charge in [-0.3, -0.25) is 9.59 Å². The zero-order chi connectivity index (χ0) is 28.7. The van der Waals surface area contributed by atoms with E-state index in [1.54, 1.807) is 0 Å². The van der Waals surface area contributed by atoms with Crippen LogP contribution >= 0.6 is 0 Å². The highest BCUT2D eigenvalue weighted by molar-refractivity contribution is 6.74. The molecular weight excluding hydrogens is 500 g/mol. The highest BCUT2D eigenvalue weighted by Crippen LogP contribution is 2.48. The highest BCUT2D eigenvalue weighted by atomic mass is 28.4. The van der Waals surface area contributed by atoms with Crippen molar-refractivity contribution in [1.29, 1.82) is 0 Å². The van der Waals surface area contributed by atoms with Gasteiger partial charge in [-0.1, -0.05) is 60.8 Å². The van der Waals surface area contributed by atoms with Crippen LogP contribution in [0.3, 0.4) is 0 Å². The van der Waals surface area contributed by atoms with Gasteiger partial charge < -0.3 is 18.7 Å². The van der Waals surface area contributed by atoms with Crippen LogP contribution in [-0.2, 0) is 23.2 Å². The Kier molecular flexibility index (Phi) is 13.2. The van der Waals surface area contributed by atoms with Crippen LogP contribution in [0.4, 0.5) is 0 Å². The number of methoxy groups -OCH3 is 1. The van der Waals surface area contributed by atoms with Gasteiger partial charge in [0.2, 0.25) is 0 Å². The maximum atomic E-state index is 12.1. The van der Waals surface area contributed by atoms with E-state index in [0.717, 1.165) is 44.9 Å². The molecule has 218 valence electrons. The molecular formula is C29H58O6Si2. The van der Waals surface area contributed by atoms with Gasteiger partial charge in [-0.05, 0) is 73.8 Å². The summed E-state index contributed by atoms with van der Waals surface area (Å²) in [6.45, 7) is 22.5. The third kappa shape index (κ3) is 10.5. The number of hydrogen-bond acceptors (Lipinski definition) is 6.